The number of likely N-dealkylation sites (N-methyl/N-ethyl adjacent to an activating group) is 1. The summed E-state index contributed by atoms with van der Waals surface area (Å²) in [6, 6.07) is 12.6. The van der Waals surface area contributed by atoms with Gasteiger partial charge in [-0.3, -0.25) is 4.79 Å². The first-order valence-corrected chi connectivity index (χ1v) is 9.96. The Balaban J connectivity index is 1.43. The number of nitrogens with one attached hydrogen (secondary N) is 1. The van der Waals surface area contributed by atoms with E-state index in [9.17, 15) is 4.79 Å². The van der Waals surface area contributed by atoms with E-state index >= 15 is 0 Å². The molecule has 0 spiro atoms. The van der Waals surface area contributed by atoms with Gasteiger partial charge in [0.25, 0.3) is 5.91 Å². The molecule has 0 saturated carbocycles. The van der Waals surface area contributed by atoms with Crippen LogP contribution in [0.4, 0.5) is 5.82 Å². The van der Waals surface area contributed by atoms with Crippen molar-refractivity contribution in [1.82, 2.24) is 15.2 Å². The lowest BCUT2D eigenvalue weighted by atomic mass is 10.0. The molecule has 1 aliphatic carbocycles. The van der Waals surface area contributed by atoms with E-state index in [2.05, 4.69) is 51.4 Å². The minimum absolute atomic E-state index is 0.0113. The Morgan fingerprint density at radius 1 is 1.11 bits per heavy atom. The van der Waals surface area contributed by atoms with Crippen molar-refractivity contribution in [1.29, 1.82) is 0 Å². The van der Waals surface area contributed by atoms with Crippen molar-refractivity contribution in [2.24, 2.45) is 0 Å². The molecule has 1 saturated heterocycles. The van der Waals surface area contributed by atoms with Crippen molar-refractivity contribution in [3.05, 3.63) is 59.3 Å². The monoisotopic (exact) mass is 364 g/mol. The Bertz CT molecular complexity index is 798. The third-order valence-electron chi connectivity index (χ3n) is 5.75. The van der Waals surface area contributed by atoms with E-state index in [4.69, 9.17) is 0 Å². The largest absolute Gasteiger partial charge is 0.354 e. The van der Waals surface area contributed by atoms with Crippen LogP contribution in [0.1, 0.15) is 34.3 Å². The van der Waals surface area contributed by atoms with Gasteiger partial charge in [0, 0.05) is 44.0 Å². The molecule has 2 aromatic rings. The Morgan fingerprint density at radius 3 is 2.70 bits per heavy atom. The molecule has 2 aliphatic rings. The number of hydrogen-bond donors (Lipinski definition) is 1. The molecule has 1 aromatic heterocycles. The second kappa shape index (κ2) is 8.09. The number of rotatable bonds is 3. The topological polar surface area (TPSA) is 48.5 Å². The second-order valence-electron chi connectivity index (χ2n) is 7.73. The molecule has 1 N–H and O–H groups in total. The van der Waals surface area contributed by atoms with Crippen LogP contribution in [0.15, 0.2) is 42.6 Å². The molecule has 1 unspecified atom stereocenters. The van der Waals surface area contributed by atoms with Gasteiger partial charge < -0.3 is 15.1 Å². The van der Waals surface area contributed by atoms with Gasteiger partial charge in [0.15, 0.2) is 0 Å². The van der Waals surface area contributed by atoms with Crippen LogP contribution in [0.5, 0.6) is 0 Å². The Kier molecular flexibility index (Phi) is 5.39. The van der Waals surface area contributed by atoms with Crippen LogP contribution in [-0.4, -0.2) is 55.1 Å². The highest BCUT2D eigenvalue weighted by Gasteiger charge is 2.20. The first kappa shape index (κ1) is 18.0. The van der Waals surface area contributed by atoms with Crippen molar-refractivity contribution >= 4 is 11.7 Å². The molecule has 142 valence electrons. The van der Waals surface area contributed by atoms with Crippen LogP contribution in [0, 0.1) is 0 Å². The highest BCUT2D eigenvalue weighted by Crippen LogP contribution is 2.21. The van der Waals surface area contributed by atoms with Crippen LogP contribution in [-0.2, 0) is 12.8 Å². The van der Waals surface area contributed by atoms with Gasteiger partial charge in [-0.2, -0.15) is 0 Å². The van der Waals surface area contributed by atoms with E-state index in [0.717, 1.165) is 57.7 Å². The molecule has 5 heteroatoms. The summed E-state index contributed by atoms with van der Waals surface area (Å²) in [5.41, 5.74) is 3.50. The molecule has 5 nitrogen and oxygen atoms in total. The third kappa shape index (κ3) is 4.30. The Morgan fingerprint density at radius 2 is 1.89 bits per heavy atom. The fourth-order valence-corrected chi connectivity index (χ4v) is 4.07. The molecule has 27 heavy (non-hydrogen) atoms. The molecule has 0 bridgehead atoms. The van der Waals surface area contributed by atoms with E-state index in [0.29, 0.717) is 5.56 Å². The lowest BCUT2D eigenvalue weighted by Gasteiger charge is -2.33. The summed E-state index contributed by atoms with van der Waals surface area (Å²) >= 11 is 0. The number of benzene rings is 1. The molecule has 1 fully saturated rings. The van der Waals surface area contributed by atoms with Crippen LogP contribution in [0.3, 0.4) is 0 Å². The number of carbonyl (C=O) groups is 1. The molecule has 0 radical (unpaired) electrons. The summed E-state index contributed by atoms with van der Waals surface area (Å²) < 4.78 is 0. The highest BCUT2D eigenvalue weighted by atomic mass is 16.1. The SMILES string of the molecule is CN1CCN(c2cc(C(=O)NC3CCCc4ccccc4C3)ccn2)CC1. The van der Waals surface area contributed by atoms with Gasteiger partial charge in [0.05, 0.1) is 0 Å². The van der Waals surface area contributed by atoms with Gasteiger partial charge in [-0.15, -0.1) is 0 Å². The quantitative estimate of drug-likeness (QED) is 0.851. The highest BCUT2D eigenvalue weighted by molar-refractivity contribution is 5.95. The number of anilines is 1. The summed E-state index contributed by atoms with van der Waals surface area (Å²) in [6.07, 6.45) is 5.91. The van der Waals surface area contributed by atoms with Gasteiger partial charge in [-0.05, 0) is 56.0 Å². The maximum absolute atomic E-state index is 12.9. The summed E-state index contributed by atoms with van der Waals surface area (Å²) in [4.78, 5) is 21.9. The van der Waals surface area contributed by atoms with Crippen LogP contribution >= 0.6 is 0 Å². The average molecular weight is 364 g/mol. The molecule has 2 heterocycles. The fourth-order valence-electron chi connectivity index (χ4n) is 4.07. The number of carbonyl (C=O) groups excluding carboxylic acids is 1. The van der Waals surface area contributed by atoms with E-state index in [1.54, 1.807) is 6.20 Å². The fraction of sp³-hybridized carbons (Fsp3) is 0.455. The number of hydrogen-bond acceptors (Lipinski definition) is 4. The Labute approximate surface area is 161 Å². The van der Waals surface area contributed by atoms with Crippen molar-refractivity contribution in [2.75, 3.05) is 38.1 Å². The number of amides is 1. The zero-order valence-electron chi connectivity index (χ0n) is 16.0. The summed E-state index contributed by atoms with van der Waals surface area (Å²) in [7, 11) is 2.14. The lowest BCUT2D eigenvalue weighted by molar-refractivity contribution is 0.0935. The van der Waals surface area contributed by atoms with Gasteiger partial charge in [0.2, 0.25) is 0 Å². The number of aromatic nitrogens is 1. The molecule has 1 atom stereocenters. The van der Waals surface area contributed by atoms with Gasteiger partial charge in [0.1, 0.15) is 5.82 Å². The van der Waals surface area contributed by atoms with E-state index in [1.165, 1.54) is 11.1 Å². The van der Waals surface area contributed by atoms with Crippen LogP contribution in [0.25, 0.3) is 0 Å². The number of piperazine rings is 1. The predicted molar refractivity (Wildman–Crippen MR) is 108 cm³/mol. The first-order valence-electron chi connectivity index (χ1n) is 9.96. The second-order valence-corrected chi connectivity index (χ2v) is 7.73. The van der Waals surface area contributed by atoms with Crippen LogP contribution in [0.2, 0.25) is 0 Å². The summed E-state index contributed by atoms with van der Waals surface area (Å²) in [5.74, 6) is 0.916. The van der Waals surface area contributed by atoms with Gasteiger partial charge >= 0.3 is 0 Å². The third-order valence-corrected chi connectivity index (χ3v) is 5.75. The smallest absolute Gasteiger partial charge is 0.251 e. The lowest BCUT2D eigenvalue weighted by Crippen LogP contribution is -2.45. The van der Waals surface area contributed by atoms with Crippen molar-refractivity contribution in [3.63, 3.8) is 0 Å². The number of nitrogens with zero attached hydrogens (tertiary/aromatic N) is 3. The van der Waals surface area contributed by atoms with Crippen LogP contribution < -0.4 is 10.2 Å². The van der Waals surface area contributed by atoms with E-state index in [-0.39, 0.29) is 11.9 Å². The molecule has 4 rings (SSSR count). The number of pyridine rings is 1. The summed E-state index contributed by atoms with van der Waals surface area (Å²) in [5, 5.41) is 3.26. The summed E-state index contributed by atoms with van der Waals surface area (Å²) in [6.45, 7) is 3.96. The minimum Gasteiger partial charge on any atom is -0.354 e. The van der Waals surface area contributed by atoms with Gasteiger partial charge in [-0.25, -0.2) is 4.98 Å². The molecule has 1 aliphatic heterocycles. The average Bonchev–Trinajstić information content (AvgIpc) is 2.90. The van der Waals surface area contributed by atoms with E-state index < -0.39 is 0 Å². The van der Waals surface area contributed by atoms with E-state index in [1.807, 2.05) is 12.1 Å². The maximum Gasteiger partial charge on any atom is 0.251 e. The molecule has 1 amide bonds. The minimum atomic E-state index is 0.0113. The molecule has 1 aromatic carbocycles. The van der Waals surface area contributed by atoms with Crippen molar-refractivity contribution in [3.8, 4) is 0 Å². The zero-order chi connectivity index (χ0) is 18.6. The normalized spacial score (nSPS) is 20.6. The van der Waals surface area contributed by atoms with Gasteiger partial charge in [-0.1, -0.05) is 24.3 Å². The van der Waals surface area contributed by atoms with Crippen molar-refractivity contribution < 1.29 is 4.79 Å². The van der Waals surface area contributed by atoms with Crippen molar-refractivity contribution in [2.45, 2.75) is 31.7 Å². The number of aryl methyl sites for hydroxylation is 1. The molecular weight excluding hydrogens is 336 g/mol. The maximum atomic E-state index is 12.9. The predicted octanol–water partition coefficient (Wildman–Crippen LogP) is 2.51. The standard InChI is InChI=1S/C22H28N4O/c1-25-11-13-26(14-12-25)21-16-19(9-10-23-21)22(27)24-20-8-4-7-17-5-2-3-6-18(17)15-20/h2-3,5-6,9-10,16,20H,4,7-8,11-15H2,1H3,(H,24,27). The Hall–Kier alpha value is -2.40. The first-order chi connectivity index (χ1) is 13.2. The zero-order valence-corrected chi connectivity index (χ0v) is 16.0. The molecular formula is C22H28N4O. The number of fused-ring (bicyclic) bond motifs is 1.